The summed E-state index contributed by atoms with van der Waals surface area (Å²) in [6, 6.07) is 7.60. The Kier molecular flexibility index (Phi) is 3.63. The molecule has 3 heterocycles. The Morgan fingerprint density at radius 2 is 2.07 bits per heavy atom. The molecule has 1 fully saturated rings. The van der Waals surface area contributed by atoms with Crippen LogP contribution < -0.4 is 10.9 Å². The van der Waals surface area contributed by atoms with E-state index in [1.54, 1.807) is 12.3 Å². The lowest BCUT2D eigenvalue weighted by atomic mass is 10.1. The van der Waals surface area contributed by atoms with Crippen LogP contribution in [0.2, 0.25) is 0 Å². The molecule has 0 radical (unpaired) electrons. The normalized spacial score (nSPS) is 15.0. The molecule has 2 N–H and O–H groups in total. The first kappa shape index (κ1) is 15.9. The number of rotatable bonds is 3. The highest BCUT2D eigenvalue weighted by molar-refractivity contribution is 5.81. The van der Waals surface area contributed by atoms with E-state index in [4.69, 9.17) is 4.98 Å². The quantitative estimate of drug-likeness (QED) is 0.581. The second kappa shape index (κ2) is 6.15. The first-order valence-corrected chi connectivity index (χ1v) is 9.16. The van der Waals surface area contributed by atoms with Gasteiger partial charge in [-0.1, -0.05) is 18.1 Å². The molecule has 1 aliphatic rings. The minimum atomic E-state index is 0.0144. The van der Waals surface area contributed by atoms with E-state index in [1.807, 2.05) is 29.7 Å². The lowest BCUT2D eigenvalue weighted by molar-refractivity contribution is 0.515. The van der Waals surface area contributed by atoms with Crippen molar-refractivity contribution in [2.45, 2.75) is 38.6 Å². The van der Waals surface area contributed by atoms with Crippen molar-refractivity contribution in [3.05, 3.63) is 46.4 Å². The van der Waals surface area contributed by atoms with E-state index in [1.165, 1.54) is 0 Å². The van der Waals surface area contributed by atoms with E-state index in [0.717, 1.165) is 53.4 Å². The number of aromatic amines is 1. The molecule has 0 bridgehead atoms. The Balaban J connectivity index is 1.60. The van der Waals surface area contributed by atoms with Gasteiger partial charge in [0.25, 0.3) is 5.56 Å². The van der Waals surface area contributed by atoms with E-state index < -0.39 is 0 Å². The fourth-order valence-corrected chi connectivity index (χ4v) is 3.90. The number of pyridine rings is 1. The van der Waals surface area contributed by atoms with Gasteiger partial charge in [0, 0.05) is 29.4 Å². The number of nitrogens with zero attached hydrogens (tertiary/aromatic N) is 5. The van der Waals surface area contributed by atoms with Crippen LogP contribution in [0.25, 0.3) is 22.1 Å². The number of H-pyrrole nitrogens is 1. The van der Waals surface area contributed by atoms with Crippen molar-refractivity contribution in [3.63, 3.8) is 0 Å². The molecule has 0 unspecified atom stereocenters. The van der Waals surface area contributed by atoms with Gasteiger partial charge in [-0.2, -0.15) is 4.98 Å². The number of anilines is 2. The maximum Gasteiger partial charge on any atom is 0.252 e. The zero-order chi connectivity index (χ0) is 18.4. The molecule has 0 amide bonds. The van der Waals surface area contributed by atoms with Crippen molar-refractivity contribution in [1.82, 2.24) is 29.9 Å². The summed E-state index contributed by atoms with van der Waals surface area (Å²) in [5.74, 6) is 0.460. The summed E-state index contributed by atoms with van der Waals surface area (Å²) in [5.41, 5.74) is 4.07. The number of aromatic nitrogens is 6. The molecule has 136 valence electrons. The van der Waals surface area contributed by atoms with Crippen LogP contribution in [0.3, 0.4) is 0 Å². The smallest absolute Gasteiger partial charge is 0.252 e. The van der Waals surface area contributed by atoms with Crippen molar-refractivity contribution in [3.8, 4) is 0 Å². The van der Waals surface area contributed by atoms with Crippen molar-refractivity contribution < 1.29 is 0 Å². The van der Waals surface area contributed by atoms with Gasteiger partial charge in [-0.15, -0.1) is 5.10 Å². The monoisotopic (exact) mass is 361 g/mol. The first-order chi connectivity index (χ1) is 13.2. The highest BCUT2D eigenvalue weighted by Crippen LogP contribution is 2.31. The van der Waals surface area contributed by atoms with Crippen LogP contribution in [0.4, 0.5) is 11.6 Å². The van der Waals surface area contributed by atoms with Crippen molar-refractivity contribution >= 4 is 33.7 Å². The number of benzene rings is 1. The predicted octanol–water partition coefficient (Wildman–Crippen LogP) is 3.23. The number of nitrogens with one attached hydrogen (secondary N) is 2. The molecule has 27 heavy (non-hydrogen) atoms. The Labute approximate surface area is 154 Å². The SMILES string of the molecule is Cc1cc(=O)n(C2CCCC2)c2nc(Nc3ccc4[nH]nnc4c3)ncc12. The maximum absolute atomic E-state index is 12.7. The third-order valence-corrected chi connectivity index (χ3v) is 5.27. The molecule has 1 aliphatic carbocycles. The van der Waals surface area contributed by atoms with Crippen LogP contribution in [0, 0.1) is 6.92 Å². The molecule has 1 saturated carbocycles. The van der Waals surface area contributed by atoms with Crippen molar-refractivity contribution in [1.29, 1.82) is 0 Å². The minimum absolute atomic E-state index is 0.0144. The van der Waals surface area contributed by atoms with Gasteiger partial charge in [-0.25, -0.2) is 4.98 Å². The van der Waals surface area contributed by atoms with Gasteiger partial charge in [0.2, 0.25) is 5.95 Å². The topological polar surface area (TPSA) is 101 Å². The highest BCUT2D eigenvalue weighted by Gasteiger charge is 2.21. The molecule has 3 aromatic heterocycles. The maximum atomic E-state index is 12.7. The largest absolute Gasteiger partial charge is 0.324 e. The molecule has 4 aromatic rings. The molecule has 0 aliphatic heterocycles. The summed E-state index contributed by atoms with van der Waals surface area (Å²) >= 11 is 0. The van der Waals surface area contributed by atoms with Gasteiger partial charge in [0.1, 0.15) is 11.2 Å². The highest BCUT2D eigenvalue weighted by atomic mass is 16.1. The van der Waals surface area contributed by atoms with Gasteiger partial charge < -0.3 is 5.32 Å². The Morgan fingerprint density at radius 1 is 1.22 bits per heavy atom. The van der Waals surface area contributed by atoms with Crippen molar-refractivity contribution in [2.24, 2.45) is 0 Å². The average molecular weight is 361 g/mol. The van der Waals surface area contributed by atoms with Crippen molar-refractivity contribution in [2.75, 3.05) is 5.32 Å². The fourth-order valence-electron chi connectivity index (χ4n) is 3.90. The summed E-state index contributed by atoms with van der Waals surface area (Å²) < 4.78 is 1.85. The lowest BCUT2D eigenvalue weighted by Gasteiger charge is -2.17. The second-order valence-corrected chi connectivity index (χ2v) is 7.07. The Morgan fingerprint density at radius 3 is 2.93 bits per heavy atom. The van der Waals surface area contributed by atoms with Gasteiger partial charge in [-0.05, 0) is 43.5 Å². The van der Waals surface area contributed by atoms with Crippen LogP contribution in [0.1, 0.15) is 37.3 Å². The molecule has 0 spiro atoms. The molecule has 0 atom stereocenters. The predicted molar refractivity (Wildman–Crippen MR) is 103 cm³/mol. The van der Waals surface area contributed by atoms with Gasteiger partial charge in [0.15, 0.2) is 0 Å². The Bertz CT molecular complexity index is 1200. The molecule has 0 saturated heterocycles. The number of hydrogen-bond acceptors (Lipinski definition) is 6. The van der Waals surface area contributed by atoms with E-state index in [2.05, 4.69) is 25.7 Å². The third-order valence-electron chi connectivity index (χ3n) is 5.27. The summed E-state index contributed by atoms with van der Waals surface area (Å²) in [5, 5.41) is 14.8. The Hall–Kier alpha value is -3.29. The second-order valence-electron chi connectivity index (χ2n) is 7.07. The van der Waals surface area contributed by atoms with Crippen LogP contribution in [0.5, 0.6) is 0 Å². The number of fused-ring (bicyclic) bond motifs is 2. The van der Waals surface area contributed by atoms with Gasteiger partial charge >= 0.3 is 0 Å². The zero-order valence-corrected chi connectivity index (χ0v) is 14.9. The van der Waals surface area contributed by atoms with E-state index in [9.17, 15) is 4.79 Å². The average Bonchev–Trinajstić information content (AvgIpc) is 3.33. The third kappa shape index (κ3) is 2.73. The summed E-state index contributed by atoms with van der Waals surface area (Å²) in [7, 11) is 0. The lowest BCUT2D eigenvalue weighted by Crippen LogP contribution is -2.24. The van der Waals surface area contributed by atoms with E-state index >= 15 is 0 Å². The molecule has 1 aromatic carbocycles. The summed E-state index contributed by atoms with van der Waals surface area (Å²) in [6.07, 6.45) is 6.14. The fraction of sp³-hybridized carbons (Fsp3) is 0.316. The molecule has 8 nitrogen and oxygen atoms in total. The number of aryl methyl sites for hydroxylation is 1. The first-order valence-electron chi connectivity index (χ1n) is 9.16. The van der Waals surface area contributed by atoms with Crippen LogP contribution in [-0.4, -0.2) is 29.9 Å². The minimum Gasteiger partial charge on any atom is -0.324 e. The molecule has 5 rings (SSSR count). The molecule has 8 heteroatoms. The summed E-state index contributed by atoms with van der Waals surface area (Å²) in [4.78, 5) is 21.8. The number of hydrogen-bond donors (Lipinski definition) is 2. The zero-order valence-electron chi connectivity index (χ0n) is 14.9. The van der Waals surface area contributed by atoms with Crippen LogP contribution in [-0.2, 0) is 0 Å². The summed E-state index contributed by atoms with van der Waals surface area (Å²) in [6.45, 7) is 1.93. The van der Waals surface area contributed by atoms with E-state index in [-0.39, 0.29) is 11.6 Å². The van der Waals surface area contributed by atoms with Crippen LogP contribution in [0.15, 0.2) is 35.3 Å². The molecular weight excluding hydrogens is 342 g/mol. The van der Waals surface area contributed by atoms with Gasteiger partial charge in [0.05, 0.1) is 5.52 Å². The standard InChI is InChI=1S/C19H19N7O/c1-11-8-17(27)26(13-4-2-3-5-13)18-14(11)10-20-19(22-18)21-12-6-7-15-16(9-12)24-25-23-15/h6-10,13H,2-5H2,1H3,(H,20,21,22)(H,23,24,25). The van der Waals surface area contributed by atoms with Crippen LogP contribution >= 0.6 is 0 Å². The van der Waals surface area contributed by atoms with E-state index in [0.29, 0.717) is 11.6 Å². The molecular formula is C19H19N7O. The van der Waals surface area contributed by atoms with Gasteiger partial charge in [-0.3, -0.25) is 14.5 Å².